The molecule has 2 heterocycles. The van der Waals surface area contributed by atoms with E-state index in [1.807, 2.05) is 54.9 Å². The lowest BCUT2D eigenvalue weighted by molar-refractivity contribution is 0.196. The largest absolute Gasteiger partial charge is 0.272 e. The van der Waals surface area contributed by atoms with E-state index in [0.717, 1.165) is 29.9 Å². The average Bonchev–Trinajstić information content (AvgIpc) is 3.13. The number of hydrazone groups is 1. The van der Waals surface area contributed by atoms with Crippen LogP contribution in [0, 0.1) is 18.3 Å². The fraction of sp³-hybridized carbons (Fsp3) is 0.389. The van der Waals surface area contributed by atoms with Gasteiger partial charge >= 0.3 is 0 Å². The molecule has 5 heteroatoms. The second-order valence-corrected chi connectivity index (χ2v) is 5.90. The second-order valence-electron chi connectivity index (χ2n) is 5.90. The van der Waals surface area contributed by atoms with Crippen LogP contribution in [0.3, 0.4) is 0 Å². The number of aromatic nitrogens is 2. The van der Waals surface area contributed by atoms with Crippen molar-refractivity contribution in [3.63, 3.8) is 0 Å². The minimum absolute atomic E-state index is 0.102. The molecule has 1 aliphatic rings. The normalized spacial score (nSPS) is 18.6. The summed E-state index contributed by atoms with van der Waals surface area (Å²) in [6, 6.07) is 12.4. The fourth-order valence-corrected chi connectivity index (χ4v) is 3.10. The molecule has 3 rings (SSSR count). The van der Waals surface area contributed by atoms with Gasteiger partial charge in [0.25, 0.3) is 0 Å². The van der Waals surface area contributed by atoms with E-state index in [0.29, 0.717) is 0 Å². The number of hydrogen-bond donors (Lipinski definition) is 0. The highest BCUT2D eigenvalue weighted by Crippen LogP contribution is 2.38. The maximum absolute atomic E-state index is 9.80. The summed E-state index contributed by atoms with van der Waals surface area (Å²) in [5.74, 6) is 0. The molecule has 5 nitrogen and oxygen atoms in total. The van der Waals surface area contributed by atoms with Crippen molar-refractivity contribution in [2.75, 3.05) is 0 Å². The van der Waals surface area contributed by atoms with E-state index in [4.69, 9.17) is 0 Å². The van der Waals surface area contributed by atoms with Gasteiger partial charge in [0.15, 0.2) is 6.04 Å². The molecule has 23 heavy (non-hydrogen) atoms. The molecule has 118 valence electrons. The standard InChI is InChI=1S/C18H21N5/c1-4-22-12-16(14(3)21-22)18(11-19)23-17(10-13(2)20-23)15-8-6-5-7-9-15/h5-9,12,17-18H,4,10H2,1-3H3/t17-,18+/m1/s1. The van der Waals surface area contributed by atoms with Crippen molar-refractivity contribution in [3.05, 3.63) is 53.3 Å². The Kier molecular flexibility index (Phi) is 4.16. The zero-order valence-corrected chi connectivity index (χ0v) is 13.8. The Hall–Kier alpha value is -2.61. The molecule has 0 bridgehead atoms. The van der Waals surface area contributed by atoms with Crippen molar-refractivity contribution in [1.82, 2.24) is 14.8 Å². The third-order valence-electron chi connectivity index (χ3n) is 4.27. The lowest BCUT2D eigenvalue weighted by Crippen LogP contribution is -2.24. The first kappa shape index (κ1) is 15.3. The van der Waals surface area contributed by atoms with Crippen molar-refractivity contribution < 1.29 is 0 Å². The van der Waals surface area contributed by atoms with Gasteiger partial charge in [0.1, 0.15) is 0 Å². The van der Waals surface area contributed by atoms with Crippen LogP contribution in [-0.4, -0.2) is 20.5 Å². The van der Waals surface area contributed by atoms with Gasteiger partial charge in [0.05, 0.1) is 17.8 Å². The van der Waals surface area contributed by atoms with Gasteiger partial charge in [-0.1, -0.05) is 30.3 Å². The van der Waals surface area contributed by atoms with Crippen LogP contribution >= 0.6 is 0 Å². The van der Waals surface area contributed by atoms with Gasteiger partial charge in [-0.25, -0.2) is 0 Å². The number of nitrogens with zero attached hydrogens (tertiary/aromatic N) is 5. The molecule has 0 fully saturated rings. The maximum Gasteiger partial charge on any atom is 0.162 e. The minimum atomic E-state index is -0.419. The van der Waals surface area contributed by atoms with Crippen LogP contribution in [-0.2, 0) is 6.54 Å². The summed E-state index contributed by atoms with van der Waals surface area (Å²) >= 11 is 0. The number of rotatable bonds is 4. The Labute approximate surface area is 136 Å². The first-order valence-corrected chi connectivity index (χ1v) is 7.95. The third-order valence-corrected chi connectivity index (χ3v) is 4.27. The molecule has 0 amide bonds. The van der Waals surface area contributed by atoms with Gasteiger partial charge in [0.2, 0.25) is 0 Å². The van der Waals surface area contributed by atoms with Crippen molar-refractivity contribution >= 4 is 5.71 Å². The van der Waals surface area contributed by atoms with E-state index in [-0.39, 0.29) is 6.04 Å². The van der Waals surface area contributed by atoms with E-state index in [2.05, 4.69) is 28.4 Å². The number of aryl methyl sites for hydroxylation is 2. The average molecular weight is 307 g/mol. The van der Waals surface area contributed by atoms with E-state index in [1.54, 1.807) is 0 Å². The van der Waals surface area contributed by atoms with E-state index < -0.39 is 6.04 Å². The quantitative estimate of drug-likeness (QED) is 0.867. The molecule has 1 aromatic carbocycles. The fourth-order valence-electron chi connectivity index (χ4n) is 3.10. The van der Waals surface area contributed by atoms with E-state index in [9.17, 15) is 5.26 Å². The predicted octanol–water partition coefficient (Wildman–Crippen LogP) is 3.60. The second kappa shape index (κ2) is 6.25. The number of benzene rings is 1. The summed E-state index contributed by atoms with van der Waals surface area (Å²) in [7, 11) is 0. The summed E-state index contributed by atoms with van der Waals surface area (Å²) in [4.78, 5) is 0. The topological polar surface area (TPSA) is 57.2 Å². The van der Waals surface area contributed by atoms with Crippen LogP contribution in [0.25, 0.3) is 0 Å². The summed E-state index contributed by atoms with van der Waals surface area (Å²) in [6.07, 6.45) is 2.82. The van der Waals surface area contributed by atoms with E-state index in [1.165, 1.54) is 5.56 Å². The van der Waals surface area contributed by atoms with Crippen molar-refractivity contribution in [2.45, 2.75) is 45.8 Å². The molecule has 0 saturated carbocycles. The molecule has 1 aliphatic heterocycles. The summed E-state index contributed by atoms with van der Waals surface area (Å²) < 4.78 is 1.87. The zero-order chi connectivity index (χ0) is 16.4. The Morgan fingerprint density at radius 1 is 1.30 bits per heavy atom. The van der Waals surface area contributed by atoms with Gasteiger partial charge < -0.3 is 0 Å². The molecule has 0 unspecified atom stereocenters. The van der Waals surface area contributed by atoms with Crippen molar-refractivity contribution in [1.29, 1.82) is 5.26 Å². The molecule has 2 atom stereocenters. The molecule has 0 saturated heterocycles. The molecule has 0 N–H and O–H groups in total. The van der Waals surface area contributed by atoms with Gasteiger partial charge in [-0.3, -0.25) is 9.69 Å². The molecular weight excluding hydrogens is 286 g/mol. The first-order valence-electron chi connectivity index (χ1n) is 7.95. The third kappa shape index (κ3) is 2.85. The predicted molar refractivity (Wildman–Crippen MR) is 89.7 cm³/mol. The SMILES string of the molecule is CCn1cc([C@H](C#N)N2N=C(C)C[C@@H]2c2ccccc2)c(C)n1. The van der Waals surface area contributed by atoms with Crippen LogP contribution in [0.1, 0.15) is 49.2 Å². The molecule has 0 radical (unpaired) electrons. The molecule has 1 aromatic heterocycles. The Morgan fingerprint density at radius 2 is 2.04 bits per heavy atom. The Bertz CT molecular complexity index is 753. The zero-order valence-electron chi connectivity index (χ0n) is 13.8. The summed E-state index contributed by atoms with van der Waals surface area (Å²) in [5.41, 5.74) is 4.08. The molecule has 2 aromatic rings. The van der Waals surface area contributed by atoms with Gasteiger partial charge in [0, 0.05) is 30.4 Å². The van der Waals surface area contributed by atoms with Gasteiger partial charge in [-0.2, -0.15) is 15.5 Å². The highest BCUT2D eigenvalue weighted by atomic mass is 15.5. The van der Waals surface area contributed by atoms with Gasteiger partial charge in [-0.15, -0.1) is 0 Å². The Morgan fingerprint density at radius 3 is 2.65 bits per heavy atom. The van der Waals surface area contributed by atoms with Crippen LogP contribution < -0.4 is 0 Å². The number of nitriles is 1. The van der Waals surface area contributed by atoms with Crippen LogP contribution in [0.15, 0.2) is 41.6 Å². The van der Waals surface area contributed by atoms with Crippen LogP contribution in [0.4, 0.5) is 0 Å². The summed E-state index contributed by atoms with van der Waals surface area (Å²) in [5, 5.41) is 20.9. The molecule has 0 aliphatic carbocycles. The lowest BCUT2D eigenvalue weighted by atomic mass is 10.00. The monoisotopic (exact) mass is 307 g/mol. The van der Waals surface area contributed by atoms with Gasteiger partial charge in [-0.05, 0) is 26.3 Å². The van der Waals surface area contributed by atoms with Crippen LogP contribution in [0.2, 0.25) is 0 Å². The highest BCUT2D eigenvalue weighted by Gasteiger charge is 2.34. The van der Waals surface area contributed by atoms with E-state index >= 15 is 0 Å². The summed E-state index contributed by atoms with van der Waals surface area (Å²) in [6.45, 7) is 6.81. The molecular formula is C18H21N5. The van der Waals surface area contributed by atoms with Crippen molar-refractivity contribution in [3.8, 4) is 6.07 Å². The van der Waals surface area contributed by atoms with Crippen molar-refractivity contribution in [2.24, 2.45) is 5.10 Å². The lowest BCUT2D eigenvalue weighted by Gasteiger charge is -2.28. The molecule has 0 spiro atoms. The smallest absolute Gasteiger partial charge is 0.162 e. The first-order chi connectivity index (χ1) is 11.1. The number of hydrogen-bond acceptors (Lipinski definition) is 4. The highest BCUT2D eigenvalue weighted by molar-refractivity contribution is 5.84. The maximum atomic E-state index is 9.80. The minimum Gasteiger partial charge on any atom is -0.272 e. The Balaban J connectivity index is 1.98. The van der Waals surface area contributed by atoms with Crippen LogP contribution in [0.5, 0.6) is 0 Å².